The Bertz CT molecular complexity index is 749. The molecule has 1 fully saturated rings. The third kappa shape index (κ3) is 3.43. The minimum atomic E-state index is -0.299. The predicted molar refractivity (Wildman–Crippen MR) is 102 cm³/mol. The van der Waals surface area contributed by atoms with Crippen LogP contribution in [0.15, 0.2) is 12.1 Å². The van der Waals surface area contributed by atoms with E-state index in [-0.39, 0.29) is 48.8 Å². The molecule has 0 saturated carbocycles. The van der Waals surface area contributed by atoms with E-state index in [1.165, 1.54) is 7.11 Å². The number of nitrogens with zero attached hydrogens (tertiary/aromatic N) is 1. The molecule has 7 heteroatoms. The Labute approximate surface area is 165 Å². The zero-order valence-electron chi connectivity index (χ0n) is 16.9. The predicted octanol–water partition coefficient (Wildman–Crippen LogP) is 2.10. The van der Waals surface area contributed by atoms with Gasteiger partial charge in [-0.15, -0.1) is 0 Å². The summed E-state index contributed by atoms with van der Waals surface area (Å²) in [7, 11) is 4.55. The van der Waals surface area contributed by atoms with E-state index in [2.05, 4.69) is 6.92 Å². The number of hydrogen-bond donors (Lipinski definition) is 1. The Hall–Kier alpha value is -2.28. The molecule has 2 aliphatic rings. The number of benzene rings is 1. The van der Waals surface area contributed by atoms with Crippen molar-refractivity contribution in [2.45, 2.75) is 44.7 Å². The molecule has 0 spiro atoms. The maximum Gasteiger partial charge on any atom is 0.305 e. The Kier molecular flexibility index (Phi) is 6.13. The van der Waals surface area contributed by atoms with Crippen molar-refractivity contribution < 1.29 is 28.9 Å². The Morgan fingerprint density at radius 3 is 2.43 bits per heavy atom. The topological polar surface area (TPSA) is 85.3 Å². The fourth-order valence-electron chi connectivity index (χ4n) is 4.88. The van der Waals surface area contributed by atoms with Gasteiger partial charge < -0.3 is 24.2 Å². The summed E-state index contributed by atoms with van der Waals surface area (Å²) in [6.07, 6.45) is 1.88. The average molecular weight is 391 g/mol. The van der Waals surface area contributed by atoms with E-state index in [9.17, 15) is 14.7 Å². The summed E-state index contributed by atoms with van der Waals surface area (Å²) in [5.41, 5.74) is 2.06. The Morgan fingerprint density at radius 1 is 1.18 bits per heavy atom. The molecule has 0 aliphatic carbocycles. The summed E-state index contributed by atoms with van der Waals surface area (Å²) < 4.78 is 15.8. The molecule has 2 aliphatic heterocycles. The molecule has 1 aromatic carbocycles. The van der Waals surface area contributed by atoms with Crippen LogP contribution in [0.4, 0.5) is 0 Å². The lowest BCUT2D eigenvalue weighted by Crippen LogP contribution is -2.56. The summed E-state index contributed by atoms with van der Waals surface area (Å²) >= 11 is 0. The number of aliphatic hydroxyl groups is 1. The minimum absolute atomic E-state index is 0.0249. The second-order valence-corrected chi connectivity index (χ2v) is 7.51. The van der Waals surface area contributed by atoms with Gasteiger partial charge in [0.1, 0.15) is 0 Å². The molecule has 1 saturated heterocycles. The zero-order valence-corrected chi connectivity index (χ0v) is 16.9. The maximum atomic E-state index is 13.0. The van der Waals surface area contributed by atoms with E-state index in [1.54, 1.807) is 14.2 Å². The van der Waals surface area contributed by atoms with Gasteiger partial charge in [0.25, 0.3) is 0 Å². The van der Waals surface area contributed by atoms with Gasteiger partial charge in [0.05, 0.1) is 40.0 Å². The first-order valence-electron chi connectivity index (χ1n) is 9.72. The van der Waals surface area contributed by atoms with Crippen LogP contribution >= 0.6 is 0 Å². The molecule has 4 atom stereocenters. The first-order valence-corrected chi connectivity index (χ1v) is 9.72. The highest BCUT2D eigenvalue weighted by Gasteiger charge is 2.48. The lowest BCUT2D eigenvalue weighted by molar-refractivity contribution is -0.152. The van der Waals surface area contributed by atoms with Gasteiger partial charge in [-0.1, -0.05) is 13.3 Å². The minimum Gasteiger partial charge on any atom is -0.493 e. The van der Waals surface area contributed by atoms with Crippen LogP contribution in [0, 0.1) is 11.8 Å². The molecular weight excluding hydrogens is 362 g/mol. The summed E-state index contributed by atoms with van der Waals surface area (Å²) in [4.78, 5) is 26.8. The summed E-state index contributed by atoms with van der Waals surface area (Å²) in [5.74, 6) is 0.913. The van der Waals surface area contributed by atoms with E-state index >= 15 is 0 Å². The van der Waals surface area contributed by atoms with Crippen molar-refractivity contribution in [1.29, 1.82) is 0 Å². The van der Waals surface area contributed by atoms with Crippen LogP contribution < -0.4 is 9.47 Å². The highest BCUT2D eigenvalue weighted by molar-refractivity contribution is 5.80. The van der Waals surface area contributed by atoms with E-state index in [0.29, 0.717) is 24.3 Å². The molecule has 0 unspecified atom stereocenters. The second kappa shape index (κ2) is 8.39. The number of hydrogen-bond acceptors (Lipinski definition) is 6. The van der Waals surface area contributed by atoms with Gasteiger partial charge in [-0.3, -0.25) is 9.59 Å². The van der Waals surface area contributed by atoms with Crippen molar-refractivity contribution in [3.05, 3.63) is 23.3 Å². The SMILES string of the molecule is CC[C@@H]1[C@@H](CC(=O)OC)CC(=O)N2[C@H](CO)Cc3cc(OC)c(OC)cc3[C@@H]12. The standard InChI is InChI=1S/C21H29NO6/c1-5-15-13(9-20(25)28-4)8-19(24)22-14(11-23)6-12-7-17(26-2)18(27-3)10-16(12)21(15)22/h7,10,13-15,21,23H,5-6,8-9,11H2,1-4H3/t13-,14+,15-,21-/m1/s1. The van der Waals surface area contributed by atoms with Crippen molar-refractivity contribution in [3.8, 4) is 11.5 Å². The molecule has 1 N–H and O–H groups in total. The molecule has 0 aromatic heterocycles. The van der Waals surface area contributed by atoms with Crippen LogP contribution in [0.3, 0.4) is 0 Å². The highest BCUT2D eigenvalue weighted by atomic mass is 16.5. The van der Waals surface area contributed by atoms with Gasteiger partial charge in [-0.05, 0) is 41.5 Å². The number of fused-ring (bicyclic) bond motifs is 3. The number of methoxy groups -OCH3 is 3. The van der Waals surface area contributed by atoms with Crippen molar-refractivity contribution in [1.82, 2.24) is 4.90 Å². The summed E-state index contributed by atoms with van der Waals surface area (Å²) in [5, 5.41) is 9.98. The van der Waals surface area contributed by atoms with Gasteiger partial charge in [-0.2, -0.15) is 0 Å². The maximum absolute atomic E-state index is 13.0. The number of carbonyl (C=O) groups is 2. The van der Waals surface area contributed by atoms with E-state index < -0.39 is 0 Å². The first kappa shape index (κ1) is 20.5. The van der Waals surface area contributed by atoms with Gasteiger partial charge in [0, 0.05) is 12.8 Å². The fraction of sp³-hybridized carbons (Fsp3) is 0.619. The molecule has 1 amide bonds. The Balaban J connectivity index is 2.10. The van der Waals surface area contributed by atoms with Crippen LogP contribution in [-0.2, 0) is 20.7 Å². The average Bonchev–Trinajstić information content (AvgIpc) is 2.71. The molecule has 2 heterocycles. The van der Waals surface area contributed by atoms with Crippen LogP contribution in [0.5, 0.6) is 11.5 Å². The largest absolute Gasteiger partial charge is 0.493 e. The highest BCUT2D eigenvalue weighted by Crippen LogP contribution is 2.50. The van der Waals surface area contributed by atoms with Crippen molar-refractivity contribution in [2.75, 3.05) is 27.9 Å². The molecule has 3 rings (SSSR count). The van der Waals surface area contributed by atoms with Crippen LogP contribution in [0.2, 0.25) is 0 Å². The van der Waals surface area contributed by atoms with E-state index in [0.717, 1.165) is 17.5 Å². The third-order valence-electron chi connectivity index (χ3n) is 6.19. The first-order chi connectivity index (χ1) is 13.5. The van der Waals surface area contributed by atoms with Crippen molar-refractivity contribution >= 4 is 11.9 Å². The molecule has 154 valence electrons. The summed E-state index contributed by atoms with van der Waals surface area (Å²) in [6, 6.07) is 3.39. The molecule has 7 nitrogen and oxygen atoms in total. The third-order valence-corrected chi connectivity index (χ3v) is 6.19. The molecule has 0 bridgehead atoms. The molecule has 28 heavy (non-hydrogen) atoms. The van der Waals surface area contributed by atoms with Crippen LogP contribution in [-0.4, -0.2) is 55.9 Å². The van der Waals surface area contributed by atoms with Crippen LogP contribution in [0.25, 0.3) is 0 Å². The Morgan fingerprint density at radius 2 is 1.86 bits per heavy atom. The smallest absolute Gasteiger partial charge is 0.305 e. The second-order valence-electron chi connectivity index (χ2n) is 7.51. The summed E-state index contributed by atoms with van der Waals surface area (Å²) in [6.45, 7) is 1.97. The van der Waals surface area contributed by atoms with E-state index in [4.69, 9.17) is 14.2 Å². The number of ether oxygens (including phenoxy) is 3. The van der Waals surface area contributed by atoms with Gasteiger partial charge in [0.2, 0.25) is 5.91 Å². The number of aliphatic hydroxyl groups excluding tert-OH is 1. The van der Waals surface area contributed by atoms with Crippen molar-refractivity contribution in [2.24, 2.45) is 11.8 Å². The van der Waals surface area contributed by atoms with Gasteiger partial charge >= 0.3 is 5.97 Å². The molecule has 0 radical (unpaired) electrons. The molecular formula is C21H29NO6. The van der Waals surface area contributed by atoms with Crippen LogP contribution in [0.1, 0.15) is 43.4 Å². The number of esters is 1. The van der Waals surface area contributed by atoms with E-state index in [1.807, 2.05) is 17.0 Å². The number of amides is 1. The fourth-order valence-corrected chi connectivity index (χ4v) is 4.88. The quantitative estimate of drug-likeness (QED) is 0.748. The van der Waals surface area contributed by atoms with Gasteiger partial charge in [0.15, 0.2) is 11.5 Å². The zero-order chi connectivity index (χ0) is 20.4. The number of carbonyl (C=O) groups excluding carboxylic acids is 2. The number of rotatable bonds is 6. The lowest BCUT2D eigenvalue weighted by Gasteiger charge is -2.51. The lowest BCUT2D eigenvalue weighted by atomic mass is 9.70. The molecule has 1 aromatic rings. The van der Waals surface area contributed by atoms with Crippen molar-refractivity contribution in [3.63, 3.8) is 0 Å². The monoisotopic (exact) mass is 391 g/mol. The number of piperidine rings is 1. The normalized spacial score (nSPS) is 26.3. The van der Waals surface area contributed by atoms with Gasteiger partial charge in [-0.25, -0.2) is 0 Å².